The Morgan fingerprint density at radius 2 is 2.13 bits per heavy atom. The molecule has 1 unspecified atom stereocenters. The second-order valence-corrected chi connectivity index (χ2v) is 7.24. The Bertz CT molecular complexity index is 811. The third kappa shape index (κ3) is 8.51. The molecule has 1 atom stereocenters. The van der Waals surface area contributed by atoms with Gasteiger partial charge in [-0.05, 0) is 62.1 Å². The Labute approximate surface area is 183 Å². The van der Waals surface area contributed by atoms with Gasteiger partial charge >= 0.3 is 0 Å². The summed E-state index contributed by atoms with van der Waals surface area (Å²) < 4.78 is 30.0. The van der Waals surface area contributed by atoms with Crippen molar-refractivity contribution in [1.29, 1.82) is 0 Å². The lowest BCUT2D eigenvalue weighted by Gasteiger charge is -2.13. The van der Waals surface area contributed by atoms with Crippen molar-refractivity contribution in [2.75, 3.05) is 32.9 Å². The summed E-state index contributed by atoms with van der Waals surface area (Å²) in [7, 11) is 0. The zero-order valence-corrected chi connectivity index (χ0v) is 18.0. The zero-order chi connectivity index (χ0) is 21.7. The molecular formula is C23H31FN4O3. The molecular weight excluding hydrogens is 399 g/mol. The van der Waals surface area contributed by atoms with Crippen molar-refractivity contribution in [3.05, 3.63) is 54.0 Å². The number of guanidine groups is 1. The molecule has 1 aromatic heterocycles. The summed E-state index contributed by atoms with van der Waals surface area (Å²) in [6.45, 7) is 6.29. The molecule has 7 nitrogen and oxygen atoms in total. The van der Waals surface area contributed by atoms with Crippen LogP contribution in [0.5, 0.6) is 11.6 Å². The maximum absolute atomic E-state index is 13.0. The van der Waals surface area contributed by atoms with Crippen molar-refractivity contribution < 1.29 is 18.6 Å². The number of benzene rings is 1. The van der Waals surface area contributed by atoms with Gasteiger partial charge in [-0.2, -0.15) is 0 Å². The molecule has 0 amide bonds. The van der Waals surface area contributed by atoms with Crippen molar-refractivity contribution in [3.8, 4) is 11.6 Å². The van der Waals surface area contributed by atoms with Gasteiger partial charge in [0, 0.05) is 38.6 Å². The molecule has 2 N–H and O–H groups in total. The molecule has 0 spiro atoms. The molecule has 3 rings (SSSR count). The molecule has 1 saturated heterocycles. The molecule has 2 aromatic rings. The van der Waals surface area contributed by atoms with E-state index >= 15 is 0 Å². The summed E-state index contributed by atoms with van der Waals surface area (Å²) in [6, 6.07) is 9.56. The number of aliphatic imine (C=N–C) groups is 1. The average Bonchev–Trinajstić information content (AvgIpc) is 3.30. The molecule has 8 heteroatoms. The van der Waals surface area contributed by atoms with Crippen LogP contribution in [0.15, 0.2) is 47.6 Å². The fourth-order valence-electron chi connectivity index (χ4n) is 3.11. The van der Waals surface area contributed by atoms with Crippen molar-refractivity contribution in [2.24, 2.45) is 4.99 Å². The number of aromatic nitrogens is 1. The Kier molecular flexibility index (Phi) is 9.53. The van der Waals surface area contributed by atoms with Gasteiger partial charge in [0.05, 0.1) is 19.3 Å². The molecule has 1 aliphatic rings. The first kappa shape index (κ1) is 23.0. The third-order valence-corrected chi connectivity index (χ3v) is 4.68. The van der Waals surface area contributed by atoms with Gasteiger partial charge in [0.25, 0.3) is 0 Å². The van der Waals surface area contributed by atoms with Crippen molar-refractivity contribution >= 4 is 5.96 Å². The second kappa shape index (κ2) is 12.9. The largest absolute Gasteiger partial charge is 0.439 e. The van der Waals surface area contributed by atoms with E-state index in [0.29, 0.717) is 31.4 Å². The molecule has 1 aromatic carbocycles. The summed E-state index contributed by atoms with van der Waals surface area (Å²) in [5.41, 5.74) is 0.962. The number of nitrogens with zero attached hydrogens (tertiary/aromatic N) is 2. The Morgan fingerprint density at radius 1 is 1.26 bits per heavy atom. The minimum Gasteiger partial charge on any atom is -0.439 e. The van der Waals surface area contributed by atoms with Crippen LogP contribution in [0.4, 0.5) is 4.39 Å². The van der Waals surface area contributed by atoms with Gasteiger partial charge in [0.2, 0.25) is 5.88 Å². The lowest BCUT2D eigenvalue weighted by Crippen LogP contribution is -2.38. The lowest BCUT2D eigenvalue weighted by molar-refractivity contribution is 0.0168. The first-order valence-corrected chi connectivity index (χ1v) is 10.8. The van der Waals surface area contributed by atoms with E-state index in [-0.39, 0.29) is 11.9 Å². The molecule has 2 heterocycles. The fraction of sp³-hybridized carbons (Fsp3) is 0.478. The zero-order valence-electron chi connectivity index (χ0n) is 18.0. The number of nitrogens with one attached hydrogen (secondary N) is 2. The molecule has 168 valence electrons. The third-order valence-electron chi connectivity index (χ3n) is 4.68. The van der Waals surface area contributed by atoms with Crippen LogP contribution in [0.2, 0.25) is 0 Å². The highest BCUT2D eigenvalue weighted by Gasteiger charge is 2.14. The second-order valence-electron chi connectivity index (χ2n) is 7.24. The van der Waals surface area contributed by atoms with Crippen LogP contribution in [-0.2, 0) is 16.0 Å². The Morgan fingerprint density at radius 3 is 2.90 bits per heavy atom. The lowest BCUT2D eigenvalue weighted by atomic mass is 10.2. The highest BCUT2D eigenvalue weighted by atomic mass is 19.1. The van der Waals surface area contributed by atoms with E-state index in [4.69, 9.17) is 14.2 Å². The molecule has 0 bridgehead atoms. The maximum Gasteiger partial charge on any atom is 0.219 e. The monoisotopic (exact) mass is 430 g/mol. The minimum atomic E-state index is -0.304. The van der Waals surface area contributed by atoms with Crippen molar-refractivity contribution in [2.45, 2.75) is 38.8 Å². The summed E-state index contributed by atoms with van der Waals surface area (Å²) in [6.07, 6.45) is 5.07. The van der Waals surface area contributed by atoms with E-state index in [1.54, 1.807) is 18.3 Å². The van der Waals surface area contributed by atoms with Crippen LogP contribution in [-0.4, -0.2) is 50.0 Å². The van der Waals surface area contributed by atoms with E-state index in [0.717, 1.165) is 50.5 Å². The van der Waals surface area contributed by atoms with Gasteiger partial charge < -0.3 is 24.8 Å². The highest BCUT2D eigenvalue weighted by Crippen LogP contribution is 2.20. The normalized spacial score (nSPS) is 16.3. The molecule has 31 heavy (non-hydrogen) atoms. The number of hydrogen-bond acceptors (Lipinski definition) is 5. The van der Waals surface area contributed by atoms with Gasteiger partial charge in [0.1, 0.15) is 11.6 Å². The number of pyridine rings is 1. The maximum atomic E-state index is 13.0. The summed E-state index contributed by atoms with van der Waals surface area (Å²) >= 11 is 0. The van der Waals surface area contributed by atoms with Gasteiger partial charge in [-0.15, -0.1) is 0 Å². The highest BCUT2D eigenvalue weighted by molar-refractivity contribution is 5.79. The average molecular weight is 431 g/mol. The Hall–Kier alpha value is -2.71. The van der Waals surface area contributed by atoms with Crippen LogP contribution in [0.25, 0.3) is 0 Å². The van der Waals surface area contributed by atoms with Crippen molar-refractivity contribution in [3.63, 3.8) is 0 Å². The Balaban J connectivity index is 1.42. The summed E-state index contributed by atoms with van der Waals surface area (Å²) in [5.74, 6) is 1.42. The van der Waals surface area contributed by atoms with Crippen LogP contribution in [0, 0.1) is 5.82 Å². The summed E-state index contributed by atoms with van der Waals surface area (Å²) in [4.78, 5) is 8.83. The van der Waals surface area contributed by atoms with E-state index in [9.17, 15) is 4.39 Å². The van der Waals surface area contributed by atoms with Crippen LogP contribution in [0.3, 0.4) is 0 Å². The standard InChI is InChI=1S/C23H31FN4O3/c1-2-25-23(27-11-4-13-29-17-21-5-3-14-30-21)28-16-18-10-12-26-22(15-18)31-20-8-6-19(24)7-9-20/h6-10,12,15,21H,2-5,11,13-14,16-17H2,1H3,(H2,25,27,28). The predicted octanol–water partition coefficient (Wildman–Crippen LogP) is 3.65. The van der Waals surface area contributed by atoms with Gasteiger partial charge in [-0.1, -0.05) is 0 Å². The van der Waals surface area contributed by atoms with Crippen LogP contribution < -0.4 is 15.4 Å². The molecule has 0 aliphatic carbocycles. The van der Waals surface area contributed by atoms with Gasteiger partial charge in [-0.25, -0.2) is 14.4 Å². The molecule has 1 aliphatic heterocycles. The minimum absolute atomic E-state index is 0.268. The van der Waals surface area contributed by atoms with Crippen molar-refractivity contribution in [1.82, 2.24) is 15.6 Å². The number of rotatable bonds is 11. The van der Waals surface area contributed by atoms with E-state index < -0.39 is 0 Å². The predicted molar refractivity (Wildman–Crippen MR) is 118 cm³/mol. The summed E-state index contributed by atoms with van der Waals surface area (Å²) in [5, 5.41) is 6.57. The molecule has 0 saturated carbocycles. The number of hydrogen-bond donors (Lipinski definition) is 2. The topological polar surface area (TPSA) is 77.0 Å². The SMILES string of the molecule is CCNC(=NCc1ccnc(Oc2ccc(F)cc2)c1)NCCCOCC1CCCO1. The number of ether oxygens (including phenoxy) is 3. The molecule has 1 fully saturated rings. The first-order chi connectivity index (χ1) is 15.2. The van der Waals surface area contributed by atoms with Crippen LogP contribution in [0.1, 0.15) is 31.7 Å². The number of halogens is 1. The van der Waals surface area contributed by atoms with Gasteiger partial charge in [0.15, 0.2) is 5.96 Å². The fourth-order valence-corrected chi connectivity index (χ4v) is 3.11. The van der Waals surface area contributed by atoms with E-state index in [1.807, 2.05) is 19.1 Å². The van der Waals surface area contributed by atoms with Gasteiger partial charge in [-0.3, -0.25) is 0 Å². The molecule has 0 radical (unpaired) electrons. The van der Waals surface area contributed by atoms with Crippen LogP contribution >= 0.6 is 0 Å². The first-order valence-electron chi connectivity index (χ1n) is 10.8. The van der Waals surface area contributed by atoms with E-state index in [2.05, 4.69) is 20.6 Å². The smallest absolute Gasteiger partial charge is 0.219 e. The quantitative estimate of drug-likeness (QED) is 0.322. The van der Waals surface area contributed by atoms with E-state index in [1.165, 1.54) is 12.1 Å².